The number of hydrogen-bond donors (Lipinski definition) is 1. The van der Waals surface area contributed by atoms with Crippen LogP contribution in [0.25, 0.3) is 0 Å². The van der Waals surface area contributed by atoms with E-state index in [1.807, 2.05) is 29.2 Å². The molecule has 86 valence electrons. The number of anilines is 1. The zero-order valence-corrected chi connectivity index (χ0v) is 9.68. The Morgan fingerprint density at radius 2 is 2.18 bits per heavy atom. The predicted molar refractivity (Wildman–Crippen MR) is 67.2 cm³/mol. The van der Waals surface area contributed by atoms with Crippen molar-refractivity contribution in [2.45, 2.75) is 19.4 Å². The van der Waals surface area contributed by atoms with Gasteiger partial charge in [0.15, 0.2) is 0 Å². The molecule has 1 amide bonds. The van der Waals surface area contributed by atoms with Crippen LogP contribution in [0, 0.1) is 0 Å². The van der Waals surface area contributed by atoms with Crippen molar-refractivity contribution in [1.29, 1.82) is 0 Å². The Balaban J connectivity index is 2.01. The fraction of sp³-hybridized carbons (Fsp3) is 0.214. The first-order valence-electron chi connectivity index (χ1n) is 5.81. The number of fused-ring (bicyclic) bond motifs is 1. The lowest BCUT2D eigenvalue weighted by atomic mass is 10.1. The van der Waals surface area contributed by atoms with Gasteiger partial charge in [-0.25, -0.2) is 0 Å². The Bertz CT molecular complexity index is 545. The molecular weight excluding hydrogens is 212 g/mol. The predicted octanol–water partition coefficient (Wildman–Crippen LogP) is 2.61. The third-order valence-electron chi connectivity index (χ3n) is 3.27. The SMILES string of the molecule is CC1Cc2ccccc2N1C(=O)c1cc[nH]c1. The molecular formula is C14H14N2O. The van der Waals surface area contributed by atoms with E-state index in [2.05, 4.69) is 18.0 Å². The number of benzene rings is 1. The average Bonchev–Trinajstić information content (AvgIpc) is 2.94. The minimum Gasteiger partial charge on any atom is -0.367 e. The molecule has 0 aliphatic carbocycles. The van der Waals surface area contributed by atoms with Gasteiger partial charge in [-0.1, -0.05) is 18.2 Å². The van der Waals surface area contributed by atoms with Crippen LogP contribution in [0.5, 0.6) is 0 Å². The highest BCUT2D eigenvalue weighted by molar-refractivity contribution is 6.07. The first kappa shape index (κ1) is 10.1. The molecule has 1 aromatic heterocycles. The van der Waals surface area contributed by atoms with Crippen molar-refractivity contribution in [3.8, 4) is 0 Å². The van der Waals surface area contributed by atoms with Crippen LogP contribution in [0.4, 0.5) is 5.69 Å². The van der Waals surface area contributed by atoms with Crippen molar-refractivity contribution in [1.82, 2.24) is 4.98 Å². The number of aromatic amines is 1. The number of H-pyrrole nitrogens is 1. The topological polar surface area (TPSA) is 36.1 Å². The highest BCUT2D eigenvalue weighted by Gasteiger charge is 2.31. The van der Waals surface area contributed by atoms with Gasteiger partial charge in [0.1, 0.15) is 0 Å². The third kappa shape index (κ3) is 1.55. The fourth-order valence-electron chi connectivity index (χ4n) is 2.47. The summed E-state index contributed by atoms with van der Waals surface area (Å²) >= 11 is 0. The van der Waals surface area contributed by atoms with Crippen molar-refractivity contribution in [3.05, 3.63) is 53.9 Å². The van der Waals surface area contributed by atoms with Gasteiger partial charge in [0.05, 0.1) is 5.56 Å². The smallest absolute Gasteiger partial charge is 0.260 e. The molecule has 1 aliphatic rings. The van der Waals surface area contributed by atoms with E-state index in [4.69, 9.17) is 0 Å². The van der Waals surface area contributed by atoms with Gasteiger partial charge < -0.3 is 9.88 Å². The van der Waals surface area contributed by atoms with E-state index in [0.717, 1.165) is 12.1 Å². The molecule has 0 saturated carbocycles. The lowest BCUT2D eigenvalue weighted by Crippen LogP contribution is -2.35. The summed E-state index contributed by atoms with van der Waals surface area (Å²) in [5, 5.41) is 0. The monoisotopic (exact) mass is 226 g/mol. The summed E-state index contributed by atoms with van der Waals surface area (Å²) in [7, 11) is 0. The van der Waals surface area contributed by atoms with Gasteiger partial charge in [-0.2, -0.15) is 0 Å². The Hall–Kier alpha value is -2.03. The second kappa shape index (κ2) is 3.77. The maximum Gasteiger partial charge on any atom is 0.260 e. The van der Waals surface area contributed by atoms with Crippen molar-refractivity contribution in [2.24, 2.45) is 0 Å². The maximum absolute atomic E-state index is 12.4. The van der Waals surface area contributed by atoms with Crippen LogP contribution >= 0.6 is 0 Å². The number of para-hydroxylation sites is 1. The number of nitrogens with one attached hydrogen (secondary N) is 1. The number of hydrogen-bond acceptors (Lipinski definition) is 1. The highest BCUT2D eigenvalue weighted by atomic mass is 16.2. The van der Waals surface area contributed by atoms with E-state index >= 15 is 0 Å². The van der Waals surface area contributed by atoms with E-state index < -0.39 is 0 Å². The molecule has 3 nitrogen and oxygen atoms in total. The van der Waals surface area contributed by atoms with E-state index in [1.165, 1.54) is 5.56 Å². The first-order valence-corrected chi connectivity index (χ1v) is 5.81. The molecule has 1 atom stereocenters. The summed E-state index contributed by atoms with van der Waals surface area (Å²) in [4.78, 5) is 17.2. The summed E-state index contributed by atoms with van der Waals surface area (Å²) in [6, 6.07) is 10.2. The van der Waals surface area contributed by atoms with Gasteiger partial charge in [-0.3, -0.25) is 4.79 Å². The van der Waals surface area contributed by atoms with Gasteiger partial charge >= 0.3 is 0 Å². The molecule has 1 unspecified atom stereocenters. The van der Waals surface area contributed by atoms with Crippen LogP contribution in [-0.2, 0) is 6.42 Å². The summed E-state index contributed by atoms with van der Waals surface area (Å²) in [6.45, 7) is 2.09. The zero-order chi connectivity index (χ0) is 11.8. The highest BCUT2D eigenvalue weighted by Crippen LogP contribution is 2.32. The molecule has 1 aliphatic heterocycles. The van der Waals surface area contributed by atoms with E-state index in [0.29, 0.717) is 5.56 Å². The molecule has 1 N–H and O–H groups in total. The van der Waals surface area contributed by atoms with E-state index in [-0.39, 0.29) is 11.9 Å². The largest absolute Gasteiger partial charge is 0.367 e. The molecule has 0 radical (unpaired) electrons. The van der Waals surface area contributed by atoms with Crippen molar-refractivity contribution >= 4 is 11.6 Å². The lowest BCUT2D eigenvalue weighted by Gasteiger charge is -2.22. The van der Waals surface area contributed by atoms with Gasteiger partial charge in [-0.15, -0.1) is 0 Å². The summed E-state index contributed by atoms with van der Waals surface area (Å²) in [5.41, 5.74) is 3.02. The van der Waals surface area contributed by atoms with Crippen LogP contribution in [0.2, 0.25) is 0 Å². The van der Waals surface area contributed by atoms with Crippen LogP contribution in [0.3, 0.4) is 0 Å². The summed E-state index contributed by atoms with van der Waals surface area (Å²) in [6.07, 6.45) is 4.46. The second-order valence-corrected chi connectivity index (χ2v) is 4.46. The number of carbonyl (C=O) groups is 1. The normalized spacial score (nSPS) is 18.2. The number of aromatic nitrogens is 1. The number of amides is 1. The van der Waals surface area contributed by atoms with Crippen LogP contribution < -0.4 is 4.90 Å². The minimum absolute atomic E-state index is 0.0729. The summed E-state index contributed by atoms with van der Waals surface area (Å²) < 4.78 is 0. The second-order valence-electron chi connectivity index (χ2n) is 4.46. The number of carbonyl (C=O) groups excluding carboxylic acids is 1. The van der Waals surface area contributed by atoms with Gasteiger partial charge in [0, 0.05) is 24.1 Å². The molecule has 0 spiro atoms. The summed E-state index contributed by atoms with van der Waals surface area (Å²) in [5.74, 6) is 0.0729. The molecule has 3 heteroatoms. The molecule has 3 rings (SSSR count). The zero-order valence-electron chi connectivity index (χ0n) is 9.68. The molecule has 2 aromatic rings. The maximum atomic E-state index is 12.4. The van der Waals surface area contributed by atoms with Crippen LogP contribution in [-0.4, -0.2) is 16.9 Å². The lowest BCUT2D eigenvalue weighted by molar-refractivity contribution is 0.0981. The van der Waals surface area contributed by atoms with E-state index in [9.17, 15) is 4.79 Å². The number of nitrogens with zero attached hydrogens (tertiary/aromatic N) is 1. The van der Waals surface area contributed by atoms with Gasteiger partial charge in [-0.05, 0) is 31.0 Å². The molecule has 0 saturated heterocycles. The Labute approximate surface area is 100 Å². The molecule has 0 bridgehead atoms. The van der Waals surface area contributed by atoms with Gasteiger partial charge in [0.2, 0.25) is 0 Å². The van der Waals surface area contributed by atoms with Crippen molar-refractivity contribution in [3.63, 3.8) is 0 Å². The average molecular weight is 226 g/mol. The molecule has 17 heavy (non-hydrogen) atoms. The molecule has 2 heterocycles. The third-order valence-corrected chi connectivity index (χ3v) is 3.27. The van der Waals surface area contributed by atoms with Gasteiger partial charge in [0.25, 0.3) is 5.91 Å². The minimum atomic E-state index is 0.0729. The molecule has 0 fully saturated rings. The van der Waals surface area contributed by atoms with Crippen molar-refractivity contribution < 1.29 is 4.79 Å². The Morgan fingerprint density at radius 1 is 1.35 bits per heavy atom. The van der Waals surface area contributed by atoms with E-state index in [1.54, 1.807) is 12.4 Å². The Kier molecular flexibility index (Phi) is 2.25. The fourth-order valence-corrected chi connectivity index (χ4v) is 2.47. The Morgan fingerprint density at radius 3 is 2.94 bits per heavy atom. The van der Waals surface area contributed by atoms with Crippen LogP contribution in [0.15, 0.2) is 42.7 Å². The standard InChI is InChI=1S/C14H14N2O/c1-10-8-11-4-2-3-5-13(11)16(10)14(17)12-6-7-15-9-12/h2-7,9-10,15H,8H2,1H3. The quantitative estimate of drug-likeness (QED) is 0.797. The first-order chi connectivity index (χ1) is 8.27. The molecule has 1 aromatic carbocycles. The van der Waals surface area contributed by atoms with Crippen LogP contribution in [0.1, 0.15) is 22.8 Å². The number of rotatable bonds is 1. The van der Waals surface area contributed by atoms with Crippen molar-refractivity contribution in [2.75, 3.05) is 4.90 Å².